The standard InChI is InChI=1S/C19H19N3.C8H8O.CH3NO/c1-21-10-9-17-12-18(7-8-19(17)21)22-14-16(13-20-22)11-15-5-3-2-4-6-15;1-7-4-2-3-5-8(7)6-9;2-1-3/h2-8,12-14H,9-11H2,1H3;2-6H,1H3;1H,(H2,2,3). The number of aryl methyl sites for hydroxylation is 1. The number of nitrogens with two attached hydrogens (primary N) is 1. The summed E-state index contributed by atoms with van der Waals surface area (Å²) in [6.07, 6.45) is 7.27. The van der Waals surface area contributed by atoms with Crippen molar-refractivity contribution >= 4 is 18.4 Å². The number of nitrogens with zero attached hydrogens (tertiary/aromatic N) is 3. The Hall–Kier alpha value is -4.19. The average Bonchev–Trinajstić information content (AvgIpc) is 3.47. The lowest BCUT2D eigenvalue weighted by Crippen LogP contribution is -2.12. The third-order valence-corrected chi connectivity index (χ3v) is 5.66. The van der Waals surface area contributed by atoms with Crippen molar-refractivity contribution in [1.29, 1.82) is 0 Å². The summed E-state index contributed by atoms with van der Waals surface area (Å²) < 4.78 is 1.98. The van der Waals surface area contributed by atoms with Crippen molar-refractivity contribution in [1.82, 2.24) is 9.78 Å². The van der Waals surface area contributed by atoms with Gasteiger partial charge in [0.15, 0.2) is 0 Å². The van der Waals surface area contributed by atoms with Gasteiger partial charge in [-0.15, -0.1) is 0 Å². The van der Waals surface area contributed by atoms with E-state index in [-0.39, 0.29) is 6.41 Å². The van der Waals surface area contributed by atoms with Gasteiger partial charge in [0.05, 0.1) is 11.9 Å². The van der Waals surface area contributed by atoms with Crippen LogP contribution in [0.2, 0.25) is 0 Å². The number of carbonyl (C=O) groups is 2. The molecule has 0 unspecified atom stereocenters. The van der Waals surface area contributed by atoms with Crippen molar-refractivity contribution < 1.29 is 9.59 Å². The second-order valence-corrected chi connectivity index (χ2v) is 8.05. The summed E-state index contributed by atoms with van der Waals surface area (Å²) in [5.41, 5.74) is 12.4. The minimum atomic E-state index is 0.250. The van der Waals surface area contributed by atoms with E-state index < -0.39 is 0 Å². The number of rotatable bonds is 4. The molecule has 2 heterocycles. The van der Waals surface area contributed by atoms with Crippen LogP contribution in [0, 0.1) is 6.92 Å². The zero-order valence-electron chi connectivity index (χ0n) is 19.6. The Morgan fingerprint density at radius 1 is 0.971 bits per heavy atom. The molecular weight excluding hydrogens is 424 g/mol. The second-order valence-electron chi connectivity index (χ2n) is 8.05. The van der Waals surface area contributed by atoms with E-state index in [4.69, 9.17) is 4.79 Å². The largest absolute Gasteiger partial charge is 0.374 e. The van der Waals surface area contributed by atoms with Crippen LogP contribution in [0.3, 0.4) is 0 Å². The Balaban J connectivity index is 0.000000226. The van der Waals surface area contributed by atoms with Gasteiger partial charge in [-0.2, -0.15) is 5.10 Å². The summed E-state index contributed by atoms with van der Waals surface area (Å²) in [6, 6.07) is 24.6. The SMILES string of the molecule is CN1CCc2cc(-n3cc(Cc4ccccc4)cn3)ccc21.Cc1ccccc1C=O.NC=O. The van der Waals surface area contributed by atoms with Crippen molar-refractivity contribution in [2.45, 2.75) is 19.8 Å². The third kappa shape index (κ3) is 6.42. The van der Waals surface area contributed by atoms with Gasteiger partial charge >= 0.3 is 0 Å². The molecule has 0 fully saturated rings. The van der Waals surface area contributed by atoms with Gasteiger partial charge in [0, 0.05) is 37.5 Å². The van der Waals surface area contributed by atoms with Crippen molar-refractivity contribution in [2.75, 3.05) is 18.5 Å². The van der Waals surface area contributed by atoms with Gasteiger partial charge in [0.1, 0.15) is 6.29 Å². The molecule has 1 amide bonds. The molecule has 0 saturated carbocycles. The van der Waals surface area contributed by atoms with Crippen molar-refractivity contribution in [2.24, 2.45) is 5.73 Å². The molecule has 0 spiro atoms. The topological polar surface area (TPSA) is 81.2 Å². The van der Waals surface area contributed by atoms with Crippen LogP contribution in [0.4, 0.5) is 5.69 Å². The van der Waals surface area contributed by atoms with Gasteiger partial charge in [-0.05, 0) is 53.8 Å². The monoisotopic (exact) mass is 454 g/mol. The summed E-state index contributed by atoms with van der Waals surface area (Å²) in [4.78, 5) is 21.1. The number of hydrogen-bond donors (Lipinski definition) is 1. The molecule has 6 nitrogen and oxygen atoms in total. The van der Waals surface area contributed by atoms with E-state index in [0.717, 1.165) is 42.5 Å². The molecule has 4 aromatic rings. The van der Waals surface area contributed by atoms with Crippen LogP contribution in [0.25, 0.3) is 5.69 Å². The number of hydrogen-bond acceptors (Lipinski definition) is 4. The average molecular weight is 455 g/mol. The number of amides is 1. The normalized spacial score (nSPS) is 11.4. The highest BCUT2D eigenvalue weighted by molar-refractivity contribution is 5.76. The molecule has 0 atom stereocenters. The van der Waals surface area contributed by atoms with E-state index in [1.165, 1.54) is 22.4 Å². The summed E-state index contributed by atoms with van der Waals surface area (Å²) >= 11 is 0. The molecule has 1 aliphatic heterocycles. The van der Waals surface area contributed by atoms with Crippen LogP contribution in [-0.4, -0.2) is 36.1 Å². The minimum Gasteiger partial charge on any atom is -0.374 e. The fourth-order valence-corrected chi connectivity index (χ4v) is 3.84. The summed E-state index contributed by atoms with van der Waals surface area (Å²) in [7, 11) is 2.15. The molecule has 0 aliphatic carbocycles. The number of primary amides is 1. The zero-order valence-corrected chi connectivity index (χ0v) is 19.6. The lowest BCUT2D eigenvalue weighted by Gasteiger charge is -2.12. The van der Waals surface area contributed by atoms with Gasteiger partial charge in [0.25, 0.3) is 0 Å². The number of aromatic nitrogens is 2. The molecule has 0 saturated heterocycles. The Labute approximate surface area is 200 Å². The molecule has 174 valence electrons. The highest BCUT2D eigenvalue weighted by Crippen LogP contribution is 2.28. The summed E-state index contributed by atoms with van der Waals surface area (Å²) in [5.74, 6) is 0. The molecule has 2 N–H and O–H groups in total. The Morgan fingerprint density at radius 3 is 2.35 bits per heavy atom. The maximum absolute atomic E-state index is 10.2. The number of anilines is 1. The van der Waals surface area contributed by atoms with E-state index in [1.807, 2.05) is 42.1 Å². The predicted octanol–water partition coefficient (Wildman–Crippen LogP) is 4.36. The molecule has 0 radical (unpaired) electrons. The van der Waals surface area contributed by atoms with Crippen molar-refractivity contribution in [3.63, 3.8) is 0 Å². The van der Waals surface area contributed by atoms with E-state index in [0.29, 0.717) is 0 Å². The van der Waals surface area contributed by atoms with Gasteiger partial charge in [0.2, 0.25) is 6.41 Å². The number of benzene rings is 3. The third-order valence-electron chi connectivity index (χ3n) is 5.66. The summed E-state index contributed by atoms with van der Waals surface area (Å²) in [5, 5.41) is 4.53. The number of aldehydes is 1. The van der Waals surface area contributed by atoms with E-state index in [2.05, 4.69) is 77.5 Å². The van der Waals surface area contributed by atoms with Crippen molar-refractivity contribution in [3.8, 4) is 5.69 Å². The van der Waals surface area contributed by atoms with Crippen LogP contribution in [0.15, 0.2) is 85.2 Å². The van der Waals surface area contributed by atoms with Crippen LogP contribution in [-0.2, 0) is 17.6 Å². The highest BCUT2D eigenvalue weighted by Gasteiger charge is 2.16. The number of fused-ring (bicyclic) bond motifs is 1. The summed E-state index contributed by atoms with van der Waals surface area (Å²) in [6.45, 7) is 3.03. The van der Waals surface area contributed by atoms with Crippen LogP contribution in [0.1, 0.15) is 32.6 Å². The smallest absolute Gasteiger partial charge is 0.204 e. The molecular formula is C28H30N4O2. The number of likely N-dealkylation sites (N-methyl/N-ethyl adjacent to an activating group) is 1. The Kier molecular flexibility index (Phi) is 8.74. The first-order valence-electron chi connectivity index (χ1n) is 11.1. The van der Waals surface area contributed by atoms with Crippen LogP contribution in [0.5, 0.6) is 0 Å². The lowest BCUT2D eigenvalue weighted by atomic mass is 10.1. The van der Waals surface area contributed by atoms with E-state index >= 15 is 0 Å². The van der Waals surface area contributed by atoms with Gasteiger partial charge in [-0.25, -0.2) is 4.68 Å². The molecule has 3 aromatic carbocycles. The van der Waals surface area contributed by atoms with Gasteiger partial charge in [-0.3, -0.25) is 9.59 Å². The lowest BCUT2D eigenvalue weighted by molar-refractivity contribution is -0.106. The first kappa shape index (κ1) is 24.5. The number of carbonyl (C=O) groups excluding carboxylic acids is 2. The minimum absolute atomic E-state index is 0.250. The molecule has 34 heavy (non-hydrogen) atoms. The zero-order chi connectivity index (χ0) is 24.3. The van der Waals surface area contributed by atoms with Gasteiger partial charge in [-0.1, -0.05) is 54.6 Å². The first-order valence-corrected chi connectivity index (χ1v) is 11.1. The van der Waals surface area contributed by atoms with E-state index in [1.54, 1.807) is 0 Å². The molecule has 0 bridgehead atoms. The first-order chi connectivity index (χ1) is 16.5. The molecule has 5 rings (SSSR count). The highest BCUT2D eigenvalue weighted by atomic mass is 16.1. The van der Waals surface area contributed by atoms with Gasteiger partial charge < -0.3 is 10.6 Å². The molecule has 1 aliphatic rings. The predicted molar refractivity (Wildman–Crippen MR) is 137 cm³/mol. The quantitative estimate of drug-likeness (QED) is 0.465. The fraction of sp³-hybridized carbons (Fsp3) is 0.179. The fourth-order valence-electron chi connectivity index (χ4n) is 3.84. The van der Waals surface area contributed by atoms with E-state index in [9.17, 15) is 4.79 Å². The second kappa shape index (κ2) is 12.2. The Bertz CT molecular complexity index is 1220. The van der Waals surface area contributed by atoms with Crippen molar-refractivity contribution in [3.05, 3.63) is 113 Å². The van der Waals surface area contributed by atoms with Crippen LogP contribution < -0.4 is 10.6 Å². The van der Waals surface area contributed by atoms with Crippen LogP contribution >= 0.6 is 0 Å². The molecule has 6 heteroatoms. The maximum atomic E-state index is 10.2. The Morgan fingerprint density at radius 2 is 1.68 bits per heavy atom. The molecule has 1 aromatic heterocycles. The maximum Gasteiger partial charge on any atom is 0.204 e.